The third kappa shape index (κ3) is 4.22. The van der Waals surface area contributed by atoms with Crippen LogP contribution in [0.1, 0.15) is 67.2 Å². The van der Waals surface area contributed by atoms with Crippen molar-refractivity contribution < 1.29 is 14.3 Å². The first-order valence-corrected chi connectivity index (χ1v) is 14.3. The van der Waals surface area contributed by atoms with Crippen molar-refractivity contribution in [1.29, 1.82) is 0 Å². The van der Waals surface area contributed by atoms with Gasteiger partial charge in [-0.1, -0.05) is 48.0 Å². The van der Waals surface area contributed by atoms with Crippen molar-refractivity contribution in [2.45, 2.75) is 114 Å². The van der Waals surface area contributed by atoms with Crippen molar-refractivity contribution in [2.75, 3.05) is 0 Å². The topological polar surface area (TPSA) is 38.7 Å². The molecule has 1 saturated heterocycles. The molecular formula is C21H40O3SSi. The van der Waals surface area contributed by atoms with Crippen LogP contribution in [0.4, 0.5) is 0 Å². The van der Waals surface area contributed by atoms with Crippen molar-refractivity contribution in [3.63, 3.8) is 0 Å². The van der Waals surface area contributed by atoms with E-state index in [4.69, 9.17) is 9.16 Å². The molecule has 0 bridgehead atoms. The highest BCUT2D eigenvalue weighted by Gasteiger charge is 2.55. The fourth-order valence-corrected chi connectivity index (χ4v) is 7.42. The summed E-state index contributed by atoms with van der Waals surface area (Å²) in [6, 6.07) is 0. The lowest BCUT2D eigenvalue weighted by molar-refractivity contribution is -0.0987. The molecule has 1 aliphatic heterocycles. The number of thioether (sulfide) groups is 1. The van der Waals surface area contributed by atoms with Crippen molar-refractivity contribution in [1.82, 2.24) is 0 Å². The molecule has 3 fully saturated rings. The van der Waals surface area contributed by atoms with Gasteiger partial charge in [0.15, 0.2) is 8.32 Å². The average molecular weight is 401 g/mol. The Morgan fingerprint density at radius 3 is 2.46 bits per heavy atom. The van der Waals surface area contributed by atoms with Crippen LogP contribution < -0.4 is 0 Å². The number of ether oxygens (including phenoxy) is 1. The van der Waals surface area contributed by atoms with E-state index in [9.17, 15) is 5.11 Å². The smallest absolute Gasteiger partial charge is 0.192 e. The SMILES string of the molecule is C[C@@H]1CC[C@@H]2[C@@H](C1)O[C@@H]([C@@H](O)C1CC1O[Si](C)(C)C(C)(C)C)SC2(C)C. The number of rotatable bonds is 4. The van der Waals surface area contributed by atoms with Crippen LogP contribution in [0.15, 0.2) is 0 Å². The molecule has 1 heterocycles. The van der Waals surface area contributed by atoms with E-state index in [0.717, 1.165) is 18.8 Å². The molecule has 0 spiro atoms. The number of hydrogen-bond donors (Lipinski definition) is 1. The first-order chi connectivity index (χ1) is 11.8. The Balaban J connectivity index is 1.61. The molecule has 152 valence electrons. The maximum atomic E-state index is 11.1. The van der Waals surface area contributed by atoms with Crippen LogP contribution in [-0.2, 0) is 9.16 Å². The maximum absolute atomic E-state index is 11.1. The molecule has 5 heteroatoms. The first-order valence-electron chi connectivity index (χ1n) is 10.5. The molecule has 2 saturated carbocycles. The van der Waals surface area contributed by atoms with Gasteiger partial charge in [0.2, 0.25) is 0 Å². The molecule has 26 heavy (non-hydrogen) atoms. The quantitative estimate of drug-likeness (QED) is 0.639. The Hall–Kier alpha value is 0.447. The third-order valence-electron chi connectivity index (χ3n) is 7.42. The average Bonchev–Trinajstić information content (AvgIpc) is 3.22. The van der Waals surface area contributed by atoms with E-state index in [2.05, 4.69) is 54.6 Å². The molecule has 0 radical (unpaired) electrons. The minimum absolute atomic E-state index is 0.102. The van der Waals surface area contributed by atoms with Gasteiger partial charge >= 0.3 is 0 Å². The van der Waals surface area contributed by atoms with Gasteiger partial charge in [0, 0.05) is 10.7 Å². The van der Waals surface area contributed by atoms with Gasteiger partial charge in [-0.15, -0.1) is 11.8 Å². The van der Waals surface area contributed by atoms with E-state index >= 15 is 0 Å². The van der Waals surface area contributed by atoms with Crippen LogP contribution in [0.5, 0.6) is 0 Å². The van der Waals surface area contributed by atoms with Crippen LogP contribution in [-0.4, -0.2) is 41.9 Å². The fraction of sp³-hybridized carbons (Fsp3) is 1.00. The number of hydrogen-bond acceptors (Lipinski definition) is 4. The molecule has 3 rings (SSSR count). The molecule has 3 nitrogen and oxygen atoms in total. The molecule has 0 aromatic carbocycles. The largest absolute Gasteiger partial charge is 0.414 e. The van der Waals surface area contributed by atoms with Crippen LogP contribution in [0, 0.1) is 17.8 Å². The predicted molar refractivity (Wildman–Crippen MR) is 113 cm³/mol. The summed E-state index contributed by atoms with van der Waals surface area (Å²) in [5, 5.41) is 11.3. The lowest BCUT2D eigenvalue weighted by Gasteiger charge is -2.51. The third-order valence-corrected chi connectivity index (χ3v) is 13.5. The fourth-order valence-electron chi connectivity index (χ4n) is 4.45. The van der Waals surface area contributed by atoms with E-state index in [1.807, 2.05) is 11.8 Å². The zero-order chi connectivity index (χ0) is 19.5. The van der Waals surface area contributed by atoms with Gasteiger partial charge in [-0.05, 0) is 49.2 Å². The van der Waals surface area contributed by atoms with Crippen LogP contribution in [0.3, 0.4) is 0 Å². The second-order valence-electron chi connectivity index (χ2n) is 11.1. The van der Waals surface area contributed by atoms with Crippen molar-refractivity contribution in [3.05, 3.63) is 0 Å². The van der Waals surface area contributed by atoms with Crippen molar-refractivity contribution in [3.8, 4) is 0 Å². The van der Waals surface area contributed by atoms with Gasteiger partial charge in [0.05, 0.1) is 18.3 Å². The summed E-state index contributed by atoms with van der Waals surface area (Å²) in [6.07, 6.45) is 4.83. The van der Waals surface area contributed by atoms with Gasteiger partial charge in [-0.3, -0.25) is 0 Å². The standard InChI is InChI=1S/C21H40O3SSi/c1-13-9-10-15-17(11-13)23-19(25-21(15,5)6)18(22)14-12-16(14)24-26(7,8)20(2,3)4/h13-19,22H,9-12H2,1-8H3/t13-,14?,15-,16?,17-,18+,19-/m1/s1. The van der Waals surface area contributed by atoms with Crippen molar-refractivity contribution >= 4 is 20.1 Å². The van der Waals surface area contributed by atoms with Gasteiger partial charge in [0.25, 0.3) is 0 Å². The van der Waals surface area contributed by atoms with Crippen molar-refractivity contribution in [2.24, 2.45) is 17.8 Å². The van der Waals surface area contributed by atoms with Crippen LogP contribution >= 0.6 is 11.8 Å². The molecule has 2 aliphatic carbocycles. The summed E-state index contributed by atoms with van der Waals surface area (Å²) in [7, 11) is -1.77. The second-order valence-corrected chi connectivity index (χ2v) is 17.6. The zero-order valence-corrected chi connectivity index (χ0v) is 19.9. The molecule has 2 unspecified atom stereocenters. The molecule has 0 aromatic heterocycles. The lowest BCUT2D eigenvalue weighted by atomic mass is 9.74. The first kappa shape index (κ1) is 21.2. The Bertz CT molecular complexity index is 516. The van der Waals surface area contributed by atoms with E-state index in [-0.39, 0.29) is 27.2 Å². The monoisotopic (exact) mass is 400 g/mol. The second kappa shape index (κ2) is 7.05. The summed E-state index contributed by atoms with van der Waals surface area (Å²) in [5.74, 6) is 1.60. The molecule has 3 aliphatic rings. The van der Waals surface area contributed by atoms with Crippen LogP contribution in [0.2, 0.25) is 18.1 Å². The van der Waals surface area contributed by atoms with E-state index < -0.39 is 14.4 Å². The molecular weight excluding hydrogens is 360 g/mol. The van der Waals surface area contributed by atoms with Gasteiger partial charge in [0.1, 0.15) is 5.44 Å². The highest BCUT2D eigenvalue weighted by Crippen LogP contribution is 2.53. The minimum atomic E-state index is -1.77. The van der Waals surface area contributed by atoms with E-state index in [0.29, 0.717) is 12.0 Å². The molecule has 1 N–H and O–H groups in total. The number of aliphatic hydroxyl groups is 1. The minimum Gasteiger partial charge on any atom is -0.414 e. The highest BCUT2D eigenvalue weighted by molar-refractivity contribution is 8.01. The van der Waals surface area contributed by atoms with Crippen LogP contribution in [0.25, 0.3) is 0 Å². The summed E-state index contributed by atoms with van der Waals surface area (Å²) < 4.78 is 13.2. The Kier molecular flexibility index (Phi) is 5.74. The maximum Gasteiger partial charge on any atom is 0.192 e. The molecule has 0 amide bonds. The Morgan fingerprint density at radius 2 is 1.85 bits per heavy atom. The lowest BCUT2D eigenvalue weighted by Crippen LogP contribution is -2.52. The Morgan fingerprint density at radius 1 is 1.19 bits per heavy atom. The highest BCUT2D eigenvalue weighted by atomic mass is 32.2. The summed E-state index contributed by atoms with van der Waals surface area (Å²) >= 11 is 1.86. The summed E-state index contributed by atoms with van der Waals surface area (Å²) in [6.45, 7) is 18.5. The molecule has 7 atom stereocenters. The summed E-state index contributed by atoms with van der Waals surface area (Å²) in [4.78, 5) is 0. The van der Waals surface area contributed by atoms with Gasteiger partial charge < -0.3 is 14.3 Å². The predicted octanol–water partition coefficient (Wildman–Crippen LogP) is 5.43. The van der Waals surface area contributed by atoms with Gasteiger partial charge in [-0.25, -0.2) is 0 Å². The van der Waals surface area contributed by atoms with E-state index in [1.54, 1.807) is 0 Å². The van der Waals surface area contributed by atoms with E-state index in [1.165, 1.54) is 12.8 Å². The zero-order valence-electron chi connectivity index (χ0n) is 18.0. The molecule has 0 aromatic rings. The normalized spacial score (nSPS) is 41.4. The van der Waals surface area contributed by atoms with Gasteiger partial charge in [-0.2, -0.15) is 0 Å². The Labute approximate surface area is 166 Å². The number of fused-ring (bicyclic) bond motifs is 1. The number of aliphatic hydroxyl groups excluding tert-OH is 1. The summed E-state index contributed by atoms with van der Waals surface area (Å²) in [5.41, 5.74) is -0.102.